The fourth-order valence-corrected chi connectivity index (χ4v) is 1.61. The SMILES string of the molecule is Cc1ccc(C)c(CC(O)CC(F)(F)F)c1. The van der Waals surface area contributed by atoms with Crippen LogP contribution in [0.2, 0.25) is 0 Å². The molecule has 0 aromatic heterocycles. The molecule has 1 rings (SSSR count). The molecule has 1 aromatic carbocycles. The topological polar surface area (TPSA) is 20.2 Å². The fourth-order valence-electron chi connectivity index (χ4n) is 1.61. The van der Waals surface area contributed by atoms with Gasteiger partial charge in [-0.15, -0.1) is 0 Å². The summed E-state index contributed by atoms with van der Waals surface area (Å²) in [6, 6.07) is 5.56. The van der Waals surface area contributed by atoms with Crippen molar-refractivity contribution in [3.8, 4) is 0 Å². The van der Waals surface area contributed by atoms with Crippen LogP contribution in [0.25, 0.3) is 0 Å². The molecule has 0 heterocycles. The molecule has 16 heavy (non-hydrogen) atoms. The number of rotatable bonds is 3. The Labute approximate surface area is 92.9 Å². The Morgan fingerprint density at radius 1 is 1.25 bits per heavy atom. The van der Waals surface area contributed by atoms with Gasteiger partial charge in [0.05, 0.1) is 12.5 Å². The predicted octanol–water partition coefficient (Wildman–Crippen LogP) is 3.16. The Balaban J connectivity index is 2.69. The molecule has 1 aromatic rings. The smallest absolute Gasteiger partial charge is 0.391 e. The van der Waals surface area contributed by atoms with Crippen molar-refractivity contribution < 1.29 is 18.3 Å². The summed E-state index contributed by atoms with van der Waals surface area (Å²) in [4.78, 5) is 0. The fraction of sp³-hybridized carbons (Fsp3) is 0.500. The largest absolute Gasteiger partial charge is 0.392 e. The monoisotopic (exact) mass is 232 g/mol. The molecule has 0 bridgehead atoms. The van der Waals surface area contributed by atoms with Crippen LogP contribution in [-0.2, 0) is 6.42 Å². The summed E-state index contributed by atoms with van der Waals surface area (Å²) >= 11 is 0. The first-order valence-electron chi connectivity index (χ1n) is 5.09. The third-order valence-electron chi connectivity index (χ3n) is 2.43. The lowest BCUT2D eigenvalue weighted by Crippen LogP contribution is -2.21. The average Bonchev–Trinajstić information content (AvgIpc) is 2.08. The van der Waals surface area contributed by atoms with Crippen LogP contribution >= 0.6 is 0 Å². The van der Waals surface area contributed by atoms with E-state index in [1.807, 2.05) is 32.0 Å². The summed E-state index contributed by atoms with van der Waals surface area (Å²) in [5.41, 5.74) is 2.67. The minimum Gasteiger partial charge on any atom is -0.392 e. The summed E-state index contributed by atoms with van der Waals surface area (Å²) in [6.45, 7) is 3.70. The Morgan fingerprint density at radius 3 is 2.44 bits per heavy atom. The number of halogens is 3. The van der Waals surface area contributed by atoms with Gasteiger partial charge < -0.3 is 5.11 Å². The molecule has 0 aliphatic rings. The van der Waals surface area contributed by atoms with Gasteiger partial charge in [-0.1, -0.05) is 23.8 Å². The van der Waals surface area contributed by atoms with Gasteiger partial charge in [-0.2, -0.15) is 13.2 Å². The van der Waals surface area contributed by atoms with E-state index in [1.54, 1.807) is 0 Å². The lowest BCUT2D eigenvalue weighted by Gasteiger charge is -2.14. The number of aliphatic hydroxyl groups excluding tert-OH is 1. The number of benzene rings is 1. The third-order valence-corrected chi connectivity index (χ3v) is 2.43. The quantitative estimate of drug-likeness (QED) is 0.848. The maximum atomic E-state index is 12.0. The van der Waals surface area contributed by atoms with Crippen LogP contribution in [-0.4, -0.2) is 17.4 Å². The second kappa shape index (κ2) is 4.87. The van der Waals surface area contributed by atoms with Gasteiger partial charge >= 0.3 is 6.18 Å². The average molecular weight is 232 g/mol. The van der Waals surface area contributed by atoms with Crippen LogP contribution in [0.3, 0.4) is 0 Å². The number of alkyl halides is 3. The van der Waals surface area contributed by atoms with Crippen LogP contribution < -0.4 is 0 Å². The van der Waals surface area contributed by atoms with Crippen molar-refractivity contribution in [1.29, 1.82) is 0 Å². The number of aryl methyl sites for hydroxylation is 2. The van der Waals surface area contributed by atoms with Crippen LogP contribution in [0, 0.1) is 13.8 Å². The molecular weight excluding hydrogens is 217 g/mol. The summed E-state index contributed by atoms with van der Waals surface area (Å²) < 4.78 is 36.1. The van der Waals surface area contributed by atoms with Crippen molar-refractivity contribution in [2.75, 3.05) is 0 Å². The molecule has 90 valence electrons. The standard InChI is InChI=1S/C12H15F3O/c1-8-3-4-9(2)10(5-8)6-11(16)7-12(13,14)15/h3-5,11,16H,6-7H2,1-2H3. The molecule has 0 fully saturated rings. The Kier molecular flexibility index (Phi) is 3.97. The Morgan fingerprint density at radius 2 is 1.88 bits per heavy atom. The van der Waals surface area contributed by atoms with Crippen molar-refractivity contribution in [1.82, 2.24) is 0 Å². The zero-order chi connectivity index (χ0) is 12.3. The van der Waals surface area contributed by atoms with E-state index in [-0.39, 0.29) is 6.42 Å². The highest BCUT2D eigenvalue weighted by Gasteiger charge is 2.31. The van der Waals surface area contributed by atoms with Gasteiger partial charge in [-0.3, -0.25) is 0 Å². The first-order chi connectivity index (χ1) is 7.28. The van der Waals surface area contributed by atoms with Crippen LogP contribution in [0.15, 0.2) is 18.2 Å². The lowest BCUT2D eigenvalue weighted by atomic mass is 9.99. The van der Waals surface area contributed by atoms with Crippen molar-refractivity contribution in [3.05, 3.63) is 34.9 Å². The molecule has 1 nitrogen and oxygen atoms in total. The molecule has 0 saturated heterocycles. The zero-order valence-electron chi connectivity index (χ0n) is 9.30. The molecule has 1 unspecified atom stereocenters. The van der Waals surface area contributed by atoms with Crippen LogP contribution in [0.1, 0.15) is 23.1 Å². The summed E-state index contributed by atoms with van der Waals surface area (Å²) in [7, 11) is 0. The van der Waals surface area contributed by atoms with E-state index < -0.39 is 18.7 Å². The van der Waals surface area contributed by atoms with Crippen molar-refractivity contribution in [2.24, 2.45) is 0 Å². The highest BCUT2D eigenvalue weighted by molar-refractivity contribution is 5.30. The van der Waals surface area contributed by atoms with Gasteiger partial charge in [0, 0.05) is 0 Å². The van der Waals surface area contributed by atoms with E-state index in [4.69, 9.17) is 0 Å². The Hall–Kier alpha value is -1.03. The molecule has 1 atom stereocenters. The number of aliphatic hydroxyl groups is 1. The van der Waals surface area contributed by atoms with E-state index in [0.717, 1.165) is 16.7 Å². The van der Waals surface area contributed by atoms with E-state index in [1.165, 1.54) is 0 Å². The van der Waals surface area contributed by atoms with Gasteiger partial charge in [0.15, 0.2) is 0 Å². The first-order valence-corrected chi connectivity index (χ1v) is 5.09. The van der Waals surface area contributed by atoms with Gasteiger partial charge in [0.2, 0.25) is 0 Å². The molecule has 0 saturated carbocycles. The third kappa shape index (κ3) is 4.23. The molecule has 1 N–H and O–H groups in total. The van der Waals surface area contributed by atoms with Gasteiger partial charge in [-0.25, -0.2) is 0 Å². The zero-order valence-corrected chi connectivity index (χ0v) is 9.30. The Bertz CT molecular complexity index is 358. The van der Waals surface area contributed by atoms with Crippen LogP contribution in [0.5, 0.6) is 0 Å². The molecule has 4 heteroatoms. The molecule has 0 radical (unpaired) electrons. The maximum Gasteiger partial charge on any atom is 0.391 e. The molecule has 0 aliphatic heterocycles. The number of hydrogen-bond acceptors (Lipinski definition) is 1. The van der Waals surface area contributed by atoms with Gasteiger partial charge in [0.1, 0.15) is 0 Å². The van der Waals surface area contributed by atoms with E-state index in [9.17, 15) is 18.3 Å². The summed E-state index contributed by atoms with van der Waals surface area (Å²) in [5.74, 6) is 0. The minimum atomic E-state index is -4.31. The number of hydrogen-bond donors (Lipinski definition) is 1. The minimum absolute atomic E-state index is 0.0486. The maximum absolute atomic E-state index is 12.0. The summed E-state index contributed by atoms with van der Waals surface area (Å²) in [6.07, 6.45) is -6.77. The van der Waals surface area contributed by atoms with Gasteiger partial charge in [-0.05, 0) is 31.4 Å². The van der Waals surface area contributed by atoms with Crippen molar-refractivity contribution >= 4 is 0 Å². The van der Waals surface area contributed by atoms with Crippen molar-refractivity contribution in [3.63, 3.8) is 0 Å². The van der Waals surface area contributed by atoms with Crippen LogP contribution in [0.4, 0.5) is 13.2 Å². The van der Waals surface area contributed by atoms with E-state index in [2.05, 4.69) is 0 Å². The van der Waals surface area contributed by atoms with Crippen molar-refractivity contribution in [2.45, 2.75) is 39.0 Å². The second-order valence-electron chi connectivity index (χ2n) is 4.11. The normalized spacial score (nSPS) is 13.9. The molecule has 0 aliphatic carbocycles. The van der Waals surface area contributed by atoms with Gasteiger partial charge in [0.25, 0.3) is 0 Å². The molecular formula is C12H15F3O. The second-order valence-corrected chi connectivity index (χ2v) is 4.11. The van der Waals surface area contributed by atoms with E-state index >= 15 is 0 Å². The predicted molar refractivity (Wildman–Crippen MR) is 56.3 cm³/mol. The molecule has 0 spiro atoms. The first kappa shape index (κ1) is 13.0. The highest BCUT2D eigenvalue weighted by Crippen LogP contribution is 2.24. The summed E-state index contributed by atoms with van der Waals surface area (Å²) in [5, 5.41) is 9.33. The molecule has 0 amide bonds. The van der Waals surface area contributed by atoms with E-state index in [0.29, 0.717) is 0 Å². The highest BCUT2D eigenvalue weighted by atomic mass is 19.4. The lowest BCUT2D eigenvalue weighted by molar-refractivity contribution is -0.153.